The van der Waals surface area contributed by atoms with Crippen molar-refractivity contribution >= 4 is 61.1 Å². The van der Waals surface area contributed by atoms with Gasteiger partial charge in [-0.15, -0.1) is 0 Å². The normalized spacial score (nSPS) is 12.5. The molecule has 0 radical (unpaired) electrons. The van der Waals surface area contributed by atoms with Gasteiger partial charge in [0.25, 0.3) is 0 Å². The van der Waals surface area contributed by atoms with Gasteiger partial charge in [-0.2, -0.15) is 0 Å². The maximum Gasteiger partial charge on any atom is 0.165 e. The molecule has 0 atom stereocenters. The highest BCUT2D eigenvalue weighted by Gasteiger charge is 2.26. The molecule has 3 aromatic heterocycles. The summed E-state index contributed by atoms with van der Waals surface area (Å²) in [6.07, 6.45) is 9.31. The third-order valence-electron chi connectivity index (χ3n) is 11.4. The molecule has 0 bridgehead atoms. The number of hydrogen-bond donors (Lipinski definition) is 1. The number of allylic oxidation sites excluding steroid dienone is 5. The Morgan fingerprint density at radius 3 is 1.95 bits per heavy atom. The van der Waals surface area contributed by atoms with E-state index in [2.05, 4.69) is 197 Å². The average molecular weight is 819 g/mol. The molecule has 0 amide bonds. The van der Waals surface area contributed by atoms with Gasteiger partial charge in [0, 0.05) is 44.4 Å². The molecular formula is C57H50N6. The highest BCUT2D eigenvalue weighted by molar-refractivity contribution is 6.26. The summed E-state index contributed by atoms with van der Waals surface area (Å²) in [5.41, 5.74) is 20.3. The van der Waals surface area contributed by atoms with E-state index in [1.807, 2.05) is 50.2 Å². The molecule has 63 heavy (non-hydrogen) atoms. The molecule has 6 nitrogen and oxygen atoms in total. The zero-order valence-corrected chi connectivity index (χ0v) is 36.2. The molecule has 0 fully saturated rings. The standard InChI is InChI=1S/C55H44N6.C2H6/c1-3-20-42(4-2)60-52-46-34-36-49-50(51(46)61(43-28-15-8-16-29-43)55(52)58-54(60)40-25-13-7-14-26-40)45-31-17-18-32-48(45)59(49)44-30-19-27-41(37-44)53(56)57-47(39-23-11-6-12-24-39)35-33-38-21-9-5-10-22-38;1-2/h3-32,34-37H,33H2,1-2H3,(H2,56,57);1-2H3/b20-3-,42-4+,47-35-;. The van der Waals surface area contributed by atoms with Crippen LogP contribution in [0.4, 0.5) is 0 Å². The van der Waals surface area contributed by atoms with Crippen LogP contribution in [-0.2, 0) is 6.42 Å². The second-order valence-electron chi connectivity index (χ2n) is 15.1. The van der Waals surface area contributed by atoms with Crippen molar-refractivity contribution in [2.75, 3.05) is 0 Å². The van der Waals surface area contributed by atoms with E-state index in [1.54, 1.807) is 0 Å². The van der Waals surface area contributed by atoms with E-state index in [0.29, 0.717) is 5.84 Å². The number of rotatable bonds is 10. The van der Waals surface area contributed by atoms with Gasteiger partial charge in [-0.25, -0.2) is 9.98 Å². The summed E-state index contributed by atoms with van der Waals surface area (Å²) < 4.78 is 7.02. The third kappa shape index (κ3) is 7.46. The molecule has 10 rings (SSSR count). The minimum atomic E-state index is 0.454. The van der Waals surface area contributed by atoms with Gasteiger partial charge in [0.15, 0.2) is 5.65 Å². The summed E-state index contributed by atoms with van der Waals surface area (Å²) in [5, 5.41) is 3.42. The number of fused-ring (bicyclic) bond motifs is 7. The predicted octanol–water partition coefficient (Wildman–Crippen LogP) is 14.2. The Hall–Kier alpha value is -7.96. The molecule has 0 aliphatic rings. The molecule has 0 saturated heterocycles. The van der Waals surface area contributed by atoms with Crippen molar-refractivity contribution in [3.8, 4) is 22.8 Å². The molecule has 0 aliphatic carbocycles. The topological polar surface area (TPSA) is 66.1 Å². The summed E-state index contributed by atoms with van der Waals surface area (Å²) in [6, 6.07) is 63.4. The SMILES string of the molecule is C/C=C\C(=C/C)n1c(-c2ccccc2)nc2c1c1ccc3c(c4ccccc4n3-c3cccc(C(N)=N/C(=C\Cc4ccccc4)c4ccccc4)c3)c1n2-c1ccccc1.CC. The number of para-hydroxylation sites is 2. The van der Waals surface area contributed by atoms with Gasteiger partial charge in [0.1, 0.15) is 17.2 Å². The van der Waals surface area contributed by atoms with Gasteiger partial charge < -0.3 is 10.3 Å². The lowest BCUT2D eigenvalue weighted by Gasteiger charge is -2.12. The lowest BCUT2D eigenvalue weighted by molar-refractivity contribution is 1.12. The van der Waals surface area contributed by atoms with Gasteiger partial charge >= 0.3 is 0 Å². The molecule has 0 saturated carbocycles. The minimum Gasteiger partial charge on any atom is -0.383 e. The van der Waals surface area contributed by atoms with Crippen LogP contribution in [0.5, 0.6) is 0 Å². The van der Waals surface area contributed by atoms with Gasteiger partial charge in [-0.1, -0.05) is 172 Å². The molecule has 0 aliphatic heterocycles. The molecule has 3 heterocycles. The molecule has 10 aromatic rings. The minimum absolute atomic E-state index is 0.454. The van der Waals surface area contributed by atoms with E-state index in [4.69, 9.17) is 15.7 Å². The van der Waals surface area contributed by atoms with Crippen LogP contribution in [0.3, 0.4) is 0 Å². The summed E-state index contributed by atoms with van der Waals surface area (Å²) in [4.78, 5) is 10.6. The monoisotopic (exact) mass is 818 g/mol. The zero-order chi connectivity index (χ0) is 43.3. The van der Waals surface area contributed by atoms with E-state index in [9.17, 15) is 0 Å². The van der Waals surface area contributed by atoms with E-state index in [0.717, 1.165) is 95.6 Å². The number of nitrogens with zero attached hydrogens (tertiary/aromatic N) is 5. The van der Waals surface area contributed by atoms with Crippen LogP contribution in [0.15, 0.2) is 211 Å². The third-order valence-corrected chi connectivity index (χ3v) is 11.4. The Morgan fingerprint density at radius 2 is 1.24 bits per heavy atom. The second kappa shape index (κ2) is 17.9. The predicted molar refractivity (Wildman–Crippen MR) is 268 cm³/mol. The van der Waals surface area contributed by atoms with Crippen molar-refractivity contribution < 1.29 is 0 Å². The van der Waals surface area contributed by atoms with Crippen LogP contribution in [0.25, 0.3) is 78.0 Å². The number of nitrogens with two attached hydrogens (primary N) is 1. The van der Waals surface area contributed by atoms with E-state index >= 15 is 0 Å². The summed E-state index contributed by atoms with van der Waals surface area (Å²) in [7, 11) is 0. The van der Waals surface area contributed by atoms with Gasteiger partial charge in [0.05, 0.1) is 22.2 Å². The molecule has 7 aromatic carbocycles. The fraction of sp³-hybridized carbons (Fsp3) is 0.0877. The van der Waals surface area contributed by atoms with Gasteiger partial charge in [-0.05, 0) is 79.9 Å². The van der Waals surface area contributed by atoms with Crippen LogP contribution < -0.4 is 5.73 Å². The first-order chi connectivity index (χ1) is 31.1. The number of hydrogen-bond acceptors (Lipinski definition) is 2. The molecule has 2 N–H and O–H groups in total. The summed E-state index contributed by atoms with van der Waals surface area (Å²) in [6.45, 7) is 8.15. The van der Waals surface area contributed by atoms with Gasteiger partial charge in [0.2, 0.25) is 0 Å². The lowest BCUT2D eigenvalue weighted by atomic mass is 10.1. The van der Waals surface area contributed by atoms with Crippen molar-refractivity contribution in [3.05, 3.63) is 223 Å². The Labute approximate surface area is 368 Å². The number of aromatic nitrogens is 4. The zero-order valence-electron chi connectivity index (χ0n) is 36.2. The first kappa shape index (κ1) is 40.4. The average Bonchev–Trinajstić information content (AvgIpc) is 4.01. The van der Waals surface area contributed by atoms with E-state index < -0.39 is 0 Å². The first-order valence-corrected chi connectivity index (χ1v) is 21.8. The smallest absolute Gasteiger partial charge is 0.165 e. The highest BCUT2D eigenvalue weighted by atomic mass is 15.2. The molecule has 0 spiro atoms. The number of aliphatic imine (C=N–C) groups is 1. The Balaban J connectivity index is 0.00000249. The fourth-order valence-electron chi connectivity index (χ4n) is 8.65. The molecular weight excluding hydrogens is 769 g/mol. The lowest BCUT2D eigenvalue weighted by Crippen LogP contribution is -2.14. The van der Waals surface area contributed by atoms with Crippen molar-refractivity contribution in [2.24, 2.45) is 10.7 Å². The first-order valence-electron chi connectivity index (χ1n) is 21.8. The number of benzene rings is 7. The van der Waals surface area contributed by atoms with Crippen LogP contribution in [0.2, 0.25) is 0 Å². The summed E-state index contributed by atoms with van der Waals surface area (Å²) >= 11 is 0. The molecule has 308 valence electrons. The quantitative estimate of drug-likeness (QED) is 0.0848. The van der Waals surface area contributed by atoms with Crippen LogP contribution in [-0.4, -0.2) is 24.5 Å². The van der Waals surface area contributed by atoms with Crippen LogP contribution in [0.1, 0.15) is 44.4 Å². The Morgan fingerprint density at radius 1 is 0.603 bits per heavy atom. The number of amidine groups is 1. The van der Waals surface area contributed by atoms with Crippen LogP contribution in [0, 0.1) is 0 Å². The number of imidazole rings is 1. The van der Waals surface area contributed by atoms with Crippen molar-refractivity contribution in [3.63, 3.8) is 0 Å². The van der Waals surface area contributed by atoms with Crippen molar-refractivity contribution in [1.29, 1.82) is 0 Å². The molecule has 6 heteroatoms. The maximum atomic E-state index is 6.94. The fourth-order valence-corrected chi connectivity index (χ4v) is 8.65. The molecule has 0 unspecified atom stereocenters. The largest absolute Gasteiger partial charge is 0.383 e. The summed E-state index contributed by atoms with van der Waals surface area (Å²) in [5.74, 6) is 1.35. The van der Waals surface area contributed by atoms with Crippen LogP contribution >= 0.6 is 0 Å². The van der Waals surface area contributed by atoms with Crippen molar-refractivity contribution in [1.82, 2.24) is 18.7 Å². The second-order valence-corrected chi connectivity index (χ2v) is 15.1. The Bertz CT molecular complexity index is 3330. The van der Waals surface area contributed by atoms with E-state index in [1.165, 1.54) is 5.56 Å². The van der Waals surface area contributed by atoms with Crippen molar-refractivity contribution in [2.45, 2.75) is 34.1 Å². The Kier molecular flexibility index (Phi) is 11.5. The van der Waals surface area contributed by atoms with Gasteiger partial charge in [-0.3, -0.25) is 9.13 Å². The van der Waals surface area contributed by atoms with E-state index in [-0.39, 0.29) is 0 Å². The highest BCUT2D eigenvalue weighted by Crippen LogP contribution is 2.44. The maximum absolute atomic E-state index is 6.94.